The molecule has 0 unspecified atom stereocenters. The lowest BCUT2D eigenvalue weighted by atomic mass is 10.0. The van der Waals surface area contributed by atoms with E-state index in [1.165, 1.54) is 21.0 Å². The van der Waals surface area contributed by atoms with Crippen molar-refractivity contribution in [2.24, 2.45) is 0 Å². The Balaban J connectivity index is 1.43. The van der Waals surface area contributed by atoms with Gasteiger partial charge in [-0.15, -0.1) is 11.3 Å². The maximum atomic E-state index is 13.0. The molecular weight excluding hydrogens is 518 g/mol. The number of aromatic nitrogens is 1. The van der Waals surface area contributed by atoms with Gasteiger partial charge in [0.15, 0.2) is 5.13 Å². The van der Waals surface area contributed by atoms with Crippen LogP contribution in [0.1, 0.15) is 22.4 Å². The summed E-state index contributed by atoms with van der Waals surface area (Å²) >= 11 is 11.1. The number of sulfonamides is 1. The summed E-state index contributed by atoms with van der Waals surface area (Å²) in [6.45, 7) is 6.28. The van der Waals surface area contributed by atoms with Crippen LogP contribution in [0.25, 0.3) is 0 Å². The smallest absolute Gasteiger partial charge is 0.244 e. The maximum Gasteiger partial charge on any atom is 0.244 e. The van der Waals surface area contributed by atoms with E-state index >= 15 is 0 Å². The molecule has 1 saturated heterocycles. The van der Waals surface area contributed by atoms with Gasteiger partial charge in [-0.05, 0) is 48.7 Å². The molecule has 0 bridgehead atoms. The van der Waals surface area contributed by atoms with Gasteiger partial charge in [0, 0.05) is 42.5 Å². The van der Waals surface area contributed by atoms with Crippen molar-refractivity contribution in [3.05, 3.63) is 73.7 Å². The topological polar surface area (TPSA) is 53.5 Å². The molecule has 2 aromatic carbocycles. The molecule has 3 aromatic rings. The first kappa shape index (κ1) is 22.7. The minimum atomic E-state index is -3.62. The lowest BCUT2D eigenvalue weighted by molar-refractivity contribution is 0.384. The number of thiazole rings is 1. The van der Waals surface area contributed by atoms with E-state index < -0.39 is 10.0 Å². The SMILES string of the molecule is Cc1cccc(Cc2csc(N3CCN(S(=O)(=O)c4ccc(Br)cc4Cl)CC3)n2)c1C. The fourth-order valence-electron chi connectivity index (χ4n) is 3.66. The highest BCUT2D eigenvalue weighted by Crippen LogP contribution is 2.30. The van der Waals surface area contributed by atoms with E-state index in [1.807, 2.05) is 0 Å². The average Bonchev–Trinajstić information content (AvgIpc) is 3.20. The number of nitrogens with zero attached hydrogens (tertiary/aromatic N) is 3. The predicted molar refractivity (Wildman–Crippen MR) is 131 cm³/mol. The molecule has 31 heavy (non-hydrogen) atoms. The second-order valence-electron chi connectivity index (χ2n) is 7.62. The van der Waals surface area contributed by atoms with E-state index in [9.17, 15) is 8.42 Å². The number of rotatable bonds is 5. The van der Waals surface area contributed by atoms with Crippen LogP contribution in [0, 0.1) is 13.8 Å². The molecule has 0 aliphatic carbocycles. The van der Waals surface area contributed by atoms with Gasteiger partial charge < -0.3 is 4.90 Å². The zero-order valence-electron chi connectivity index (χ0n) is 17.3. The van der Waals surface area contributed by atoms with Crippen LogP contribution in [0.15, 0.2) is 51.1 Å². The molecule has 2 heterocycles. The minimum absolute atomic E-state index is 0.149. The Bertz CT molecular complexity index is 1210. The fraction of sp³-hybridized carbons (Fsp3) is 0.318. The van der Waals surface area contributed by atoms with Gasteiger partial charge in [0.05, 0.1) is 10.7 Å². The molecular formula is C22H23BrClN3O2S2. The first-order valence-electron chi connectivity index (χ1n) is 9.95. The van der Waals surface area contributed by atoms with Crippen molar-refractivity contribution in [2.45, 2.75) is 25.2 Å². The van der Waals surface area contributed by atoms with Crippen molar-refractivity contribution in [3.8, 4) is 0 Å². The zero-order chi connectivity index (χ0) is 22.2. The molecule has 1 aromatic heterocycles. The van der Waals surface area contributed by atoms with Gasteiger partial charge in [-0.1, -0.05) is 45.7 Å². The predicted octanol–water partition coefficient (Wildman–Crippen LogP) is 5.28. The van der Waals surface area contributed by atoms with Gasteiger partial charge in [0.25, 0.3) is 0 Å². The summed E-state index contributed by atoms with van der Waals surface area (Å²) in [4.78, 5) is 7.13. The quantitative estimate of drug-likeness (QED) is 0.442. The van der Waals surface area contributed by atoms with E-state index in [1.54, 1.807) is 29.5 Å². The summed E-state index contributed by atoms with van der Waals surface area (Å²) in [6.07, 6.45) is 0.806. The van der Waals surface area contributed by atoms with E-state index in [0.29, 0.717) is 26.2 Å². The Morgan fingerprint density at radius 3 is 2.58 bits per heavy atom. The third-order valence-corrected chi connectivity index (χ3v) is 9.47. The van der Waals surface area contributed by atoms with E-state index in [2.05, 4.69) is 58.3 Å². The van der Waals surface area contributed by atoms with Gasteiger partial charge in [-0.2, -0.15) is 4.31 Å². The molecule has 1 fully saturated rings. The lowest BCUT2D eigenvalue weighted by Crippen LogP contribution is -2.48. The van der Waals surface area contributed by atoms with Crippen LogP contribution in [0.5, 0.6) is 0 Å². The van der Waals surface area contributed by atoms with Crippen LogP contribution in [0.3, 0.4) is 0 Å². The Kier molecular flexibility index (Phi) is 6.74. The van der Waals surface area contributed by atoms with Crippen molar-refractivity contribution in [1.29, 1.82) is 0 Å². The number of hydrogen-bond donors (Lipinski definition) is 0. The summed E-state index contributed by atoms with van der Waals surface area (Å²) in [7, 11) is -3.62. The van der Waals surface area contributed by atoms with Crippen molar-refractivity contribution in [3.63, 3.8) is 0 Å². The van der Waals surface area contributed by atoms with Crippen molar-refractivity contribution in [1.82, 2.24) is 9.29 Å². The minimum Gasteiger partial charge on any atom is -0.345 e. The Hall–Kier alpha value is -1.45. The van der Waals surface area contributed by atoms with Crippen LogP contribution < -0.4 is 4.90 Å². The summed E-state index contributed by atoms with van der Waals surface area (Å²) in [5.74, 6) is 0. The Morgan fingerprint density at radius 2 is 1.87 bits per heavy atom. The normalized spacial score (nSPS) is 15.4. The van der Waals surface area contributed by atoms with Crippen molar-refractivity contribution in [2.75, 3.05) is 31.1 Å². The first-order chi connectivity index (χ1) is 14.8. The molecule has 0 amide bonds. The molecule has 0 radical (unpaired) electrons. The maximum absolute atomic E-state index is 13.0. The molecule has 5 nitrogen and oxygen atoms in total. The highest BCUT2D eigenvalue weighted by atomic mass is 79.9. The largest absolute Gasteiger partial charge is 0.345 e. The van der Waals surface area contributed by atoms with Crippen LogP contribution in [0.4, 0.5) is 5.13 Å². The van der Waals surface area contributed by atoms with Gasteiger partial charge in [-0.3, -0.25) is 0 Å². The van der Waals surface area contributed by atoms with Crippen LogP contribution >= 0.6 is 38.9 Å². The standard InChI is InChI=1S/C22H23BrClN3O2S2/c1-15-4-3-5-17(16(15)2)12-19-14-30-22(25-19)26-8-10-27(11-9-26)31(28,29)21-7-6-18(23)13-20(21)24/h3-7,13-14H,8-12H2,1-2H3. The highest BCUT2D eigenvalue weighted by Gasteiger charge is 2.31. The molecule has 0 spiro atoms. The third kappa shape index (κ3) is 4.83. The number of benzene rings is 2. The summed E-state index contributed by atoms with van der Waals surface area (Å²) < 4.78 is 28.3. The molecule has 0 N–H and O–H groups in total. The van der Waals surface area contributed by atoms with Crippen LogP contribution in [-0.4, -0.2) is 43.9 Å². The Labute approximate surface area is 200 Å². The van der Waals surface area contributed by atoms with Gasteiger partial charge in [0.1, 0.15) is 4.90 Å². The first-order valence-corrected chi connectivity index (χ1v) is 13.4. The molecule has 4 rings (SSSR count). The molecule has 164 valence electrons. The highest BCUT2D eigenvalue weighted by molar-refractivity contribution is 9.10. The van der Waals surface area contributed by atoms with Crippen LogP contribution in [0.2, 0.25) is 5.02 Å². The third-order valence-electron chi connectivity index (χ3n) is 5.65. The summed E-state index contributed by atoms with van der Waals surface area (Å²) in [5, 5.41) is 3.27. The molecule has 9 heteroatoms. The van der Waals surface area contributed by atoms with Gasteiger partial charge >= 0.3 is 0 Å². The number of hydrogen-bond acceptors (Lipinski definition) is 5. The molecule has 1 aliphatic heterocycles. The van der Waals surface area contributed by atoms with Gasteiger partial charge in [0.2, 0.25) is 10.0 Å². The second-order valence-corrected chi connectivity index (χ2v) is 11.7. The Morgan fingerprint density at radius 1 is 1.13 bits per heavy atom. The number of anilines is 1. The van der Waals surface area contributed by atoms with Crippen LogP contribution in [-0.2, 0) is 16.4 Å². The fourth-order valence-corrected chi connectivity index (χ4v) is 6.98. The van der Waals surface area contributed by atoms with E-state index in [0.717, 1.165) is 21.7 Å². The number of aryl methyl sites for hydroxylation is 1. The van der Waals surface area contributed by atoms with E-state index in [-0.39, 0.29) is 9.92 Å². The second kappa shape index (κ2) is 9.19. The zero-order valence-corrected chi connectivity index (χ0v) is 21.3. The summed E-state index contributed by atoms with van der Waals surface area (Å²) in [5.41, 5.74) is 4.93. The summed E-state index contributed by atoms with van der Waals surface area (Å²) in [6, 6.07) is 11.2. The average molecular weight is 541 g/mol. The van der Waals surface area contributed by atoms with E-state index in [4.69, 9.17) is 16.6 Å². The van der Waals surface area contributed by atoms with Gasteiger partial charge in [-0.25, -0.2) is 13.4 Å². The van der Waals surface area contributed by atoms with Crippen molar-refractivity contribution < 1.29 is 8.42 Å². The lowest BCUT2D eigenvalue weighted by Gasteiger charge is -2.34. The molecule has 0 saturated carbocycles. The number of halogens is 2. The molecule has 0 atom stereocenters. The van der Waals surface area contributed by atoms with Crippen molar-refractivity contribution >= 4 is 54.0 Å². The number of piperazine rings is 1. The monoisotopic (exact) mass is 539 g/mol. The molecule has 1 aliphatic rings.